The van der Waals surface area contributed by atoms with Gasteiger partial charge in [-0.2, -0.15) is 0 Å². The Morgan fingerprint density at radius 1 is 0.824 bits per heavy atom. The summed E-state index contributed by atoms with van der Waals surface area (Å²) < 4.78 is 0. The lowest BCUT2D eigenvalue weighted by atomic mass is 9.78. The van der Waals surface area contributed by atoms with E-state index in [0.717, 1.165) is 32.1 Å². The highest BCUT2D eigenvalue weighted by Gasteiger charge is 2.33. The molecule has 103 valence electrons. The lowest BCUT2D eigenvalue weighted by Gasteiger charge is -2.32. The monoisotopic (exact) mass is 241 g/mol. The molecule has 0 bridgehead atoms. The summed E-state index contributed by atoms with van der Waals surface area (Å²) in [6.45, 7) is 8.64. The number of hydrogen-bond donors (Lipinski definition) is 0. The molecule has 0 fully saturated rings. The molecule has 0 amide bonds. The molecule has 1 nitrogen and oxygen atoms in total. The Kier molecular flexibility index (Phi) is 9.91. The van der Waals surface area contributed by atoms with Gasteiger partial charge in [0.2, 0.25) is 0 Å². The van der Waals surface area contributed by atoms with Crippen molar-refractivity contribution in [2.75, 3.05) is 0 Å². The van der Waals surface area contributed by atoms with Crippen molar-refractivity contribution in [2.45, 2.75) is 97.5 Å². The molecule has 0 saturated carbocycles. The van der Waals surface area contributed by atoms with E-state index in [1.807, 2.05) is 0 Å². The molecule has 0 aromatic carbocycles. The molecular formula is C16H33O. The van der Waals surface area contributed by atoms with Gasteiger partial charge in [-0.05, 0) is 18.8 Å². The van der Waals surface area contributed by atoms with Gasteiger partial charge in [-0.1, -0.05) is 79.1 Å². The van der Waals surface area contributed by atoms with E-state index in [2.05, 4.69) is 27.7 Å². The molecule has 0 heterocycles. The summed E-state index contributed by atoms with van der Waals surface area (Å²) in [6.07, 6.45) is 11.5. The quantitative estimate of drug-likeness (QED) is 0.410. The number of unbranched alkanes of at least 4 members (excludes halogenated alkanes) is 5. The molecule has 1 radical (unpaired) electrons. The van der Waals surface area contributed by atoms with Crippen LogP contribution in [0.4, 0.5) is 0 Å². The summed E-state index contributed by atoms with van der Waals surface area (Å²) in [5.74, 6) is 0.378. The maximum absolute atomic E-state index is 12.7. The predicted octanol–water partition coefficient (Wildman–Crippen LogP) is 5.75. The van der Waals surface area contributed by atoms with Gasteiger partial charge in [0.25, 0.3) is 0 Å². The van der Waals surface area contributed by atoms with Crippen molar-refractivity contribution in [1.29, 1.82) is 0 Å². The Labute approximate surface area is 109 Å². The second kappa shape index (κ2) is 9.94. The van der Waals surface area contributed by atoms with Gasteiger partial charge in [0, 0.05) is 0 Å². The van der Waals surface area contributed by atoms with Crippen LogP contribution in [0.3, 0.4) is 0 Å². The first-order valence-corrected chi connectivity index (χ1v) is 7.84. The first-order chi connectivity index (χ1) is 8.14. The SMILES string of the molecule is CCCCCCCCC([O])(CC)C(CC)CC. The van der Waals surface area contributed by atoms with Crippen LogP contribution in [0.2, 0.25) is 0 Å². The first-order valence-electron chi connectivity index (χ1n) is 7.84. The van der Waals surface area contributed by atoms with Gasteiger partial charge in [-0.15, -0.1) is 0 Å². The molecule has 17 heavy (non-hydrogen) atoms. The standard InChI is InChI=1S/C16H33O/c1-5-9-10-11-12-13-14-16(17,8-4)15(6-2)7-3/h15H,5-14H2,1-4H3. The molecule has 0 aliphatic heterocycles. The van der Waals surface area contributed by atoms with Crippen molar-refractivity contribution >= 4 is 0 Å². The van der Waals surface area contributed by atoms with E-state index in [4.69, 9.17) is 0 Å². The Hall–Kier alpha value is -0.0400. The van der Waals surface area contributed by atoms with Crippen LogP contribution < -0.4 is 0 Å². The zero-order valence-electron chi connectivity index (χ0n) is 12.6. The van der Waals surface area contributed by atoms with Crippen LogP contribution in [0.25, 0.3) is 0 Å². The Morgan fingerprint density at radius 2 is 1.35 bits per heavy atom. The second-order valence-corrected chi connectivity index (χ2v) is 5.45. The van der Waals surface area contributed by atoms with Crippen molar-refractivity contribution in [2.24, 2.45) is 5.92 Å². The van der Waals surface area contributed by atoms with Gasteiger partial charge in [0.1, 0.15) is 5.60 Å². The molecule has 0 spiro atoms. The van der Waals surface area contributed by atoms with Crippen molar-refractivity contribution in [3.05, 3.63) is 0 Å². The van der Waals surface area contributed by atoms with E-state index in [1.54, 1.807) is 0 Å². The minimum atomic E-state index is -0.645. The molecule has 0 rings (SSSR count). The molecule has 0 aliphatic carbocycles. The fourth-order valence-corrected chi connectivity index (χ4v) is 2.91. The van der Waals surface area contributed by atoms with Crippen LogP contribution in [0.5, 0.6) is 0 Å². The second-order valence-electron chi connectivity index (χ2n) is 5.45. The lowest BCUT2D eigenvalue weighted by molar-refractivity contribution is -0.0914. The fourth-order valence-electron chi connectivity index (χ4n) is 2.91. The minimum Gasteiger partial charge on any atom is -0.229 e. The zero-order valence-corrected chi connectivity index (χ0v) is 12.6. The molecule has 0 saturated heterocycles. The van der Waals surface area contributed by atoms with E-state index in [-0.39, 0.29) is 0 Å². The Bertz CT molecular complexity index is 163. The van der Waals surface area contributed by atoms with Crippen LogP contribution in [-0.4, -0.2) is 5.60 Å². The summed E-state index contributed by atoms with van der Waals surface area (Å²) >= 11 is 0. The van der Waals surface area contributed by atoms with Gasteiger partial charge >= 0.3 is 0 Å². The van der Waals surface area contributed by atoms with Crippen LogP contribution in [0, 0.1) is 5.92 Å². The van der Waals surface area contributed by atoms with Crippen LogP contribution >= 0.6 is 0 Å². The van der Waals surface area contributed by atoms with Crippen molar-refractivity contribution in [3.8, 4) is 0 Å². The van der Waals surface area contributed by atoms with Crippen molar-refractivity contribution in [1.82, 2.24) is 0 Å². The molecule has 1 unspecified atom stereocenters. The van der Waals surface area contributed by atoms with E-state index < -0.39 is 5.60 Å². The zero-order chi connectivity index (χ0) is 13.1. The molecule has 1 atom stereocenters. The predicted molar refractivity (Wildman–Crippen MR) is 75.8 cm³/mol. The van der Waals surface area contributed by atoms with Crippen LogP contribution in [-0.2, 0) is 5.11 Å². The van der Waals surface area contributed by atoms with E-state index in [1.165, 1.54) is 32.1 Å². The number of rotatable bonds is 11. The van der Waals surface area contributed by atoms with Gasteiger partial charge in [-0.25, -0.2) is 5.11 Å². The topological polar surface area (TPSA) is 19.9 Å². The molecule has 0 aromatic heterocycles. The molecule has 0 N–H and O–H groups in total. The summed E-state index contributed by atoms with van der Waals surface area (Å²) in [5.41, 5.74) is -0.645. The van der Waals surface area contributed by atoms with E-state index >= 15 is 0 Å². The summed E-state index contributed by atoms with van der Waals surface area (Å²) in [4.78, 5) is 0. The first kappa shape index (κ1) is 17.0. The maximum Gasteiger partial charge on any atom is 0.106 e. The van der Waals surface area contributed by atoms with E-state index in [9.17, 15) is 5.11 Å². The van der Waals surface area contributed by atoms with E-state index in [0.29, 0.717) is 5.92 Å². The smallest absolute Gasteiger partial charge is 0.106 e. The third-order valence-electron chi connectivity index (χ3n) is 4.28. The normalized spacial score (nSPS) is 15.2. The largest absolute Gasteiger partial charge is 0.229 e. The highest BCUT2D eigenvalue weighted by Crippen LogP contribution is 2.33. The average molecular weight is 241 g/mol. The summed E-state index contributed by atoms with van der Waals surface area (Å²) in [5, 5.41) is 12.7. The van der Waals surface area contributed by atoms with Crippen LogP contribution in [0.15, 0.2) is 0 Å². The summed E-state index contributed by atoms with van der Waals surface area (Å²) in [7, 11) is 0. The molecule has 0 aromatic rings. The van der Waals surface area contributed by atoms with Gasteiger partial charge in [0.15, 0.2) is 0 Å². The molecular weight excluding hydrogens is 208 g/mol. The molecule has 0 aliphatic rings. The van der Waals surface area contributed by atoms with Gasteiger partial charge < -0.3 is 0 Å². The van der Waals surface area contributed by atoms with Gasteiger partial charge in [0.05, 0.1) is 0 Å². The maximum atomic E-state index is 12.7. The minimum absolute atomic E-state index is 0.378. The Balaban J connectivity index is 3.87. The highest BCUT2D eigenvalue weighted by atomic mass is 16.3. The third-order valence-corrected chi connectivity index (χ3v) is 4.28. The van der Waals surface area contributed by atoms with Crippen molar-refractivity contribution < 1.29 is 5.11 Å². The lowest BCUT2D eigenvalue weighted by Crippen LogP contribution is -2.35. The third kappa shape index (κ3) is 6.45. The van der Waals surface area contributed by atoms with Crippen LogP contribution in [0.1, 0.15) is 91.9 Å². The summed E-state index contributed by atoms with van der Waals surface area (Å²) in [6, 6.07) is 0. The highest BCUT2D eigenvalue weighted by molar-refractivity contribution is 4.83. The Morgan fingerprint density at radius 3 is 1.82 bits per heavy atom. The fraction of sp³-hybridized carbons (Fsp3) is 1.00. The van der Waals surface area contributed by atoms with Crippen molar-refractivity contribution in [3.63, 3.8) is 0 Å². The van der Waals surface area contributed by atoms with Gasteiger partial charge in [-0.3, -0.25) is 0 Å². The average Bonchev–Trinajstić information content (AvgIpc) is 2.35. The molecule has 1 heteroatoms. The number of hydrogen-bond acceptors (Lipinski definition) is 0.